The molecule has 0 bridgehead atoms. The number of amides is 1. The van der Waals surface area contributed by atoms with Gasteiger partial charge in [-0.05, 0) is 18.6 Å². The van der Waals surface area contributed by atoms with Crippen molar-refractivity contribution in [3.05, 3.63) is 35.7 Å². The SMILES string of the molecule is CC(=O)N(CCCN1CCOCC1)CCc1nc(-c2cccc(C(F)(F)F)c2)no1. The molecule has 2 aromatic rings. The molecule has 3 rings (SSSR count). The van der Waals surface area contributed by atoms with E-state index in [0.717, 1.165) is 51.4 Å². The molecule has 2 heterocycles. The van der Waals surface area contributed by atoms with Gasteiger partial charge < -0.3 is 14.2 Å². The van der Waals surface area contributed by atoms with Crippen LogP contribution in [0.15, 0.2) is 28.8 Å². The van der Waals surface area contributed by atoms with E-state index in [2.05, 4.69) is 15.0 Å². The first-order chi connectivity index (χ1) is 14.3. The number of hydrogen-bond donors (Lipinski definition) is 0. The molecular weight excluding hydrogens is 401 g/mol. The van der Waals surface area contributed by atoms with Crippen LogP contribution in [0.4, 0.5) is 13.2 Å². The third-order valence-electron chi connectivity index (χ3n) is 4.96. The van der Waals surface area contributed by atoms with Gasteiger partial charge in [0.1, 0.15) is 0 Å². The van der Waals surface area contributed by atoms with Gasteiger partial charge in [-0.25, -0.2) is 0 Å². The molecule has 30 heavy (non-hydrogen) atoms. The fourth-order valence-electron chi connectivity index (χ4n) is 3.28. The van der Waals surface area contributed by atoms with E-state index in [9.17, 15) is 18.0 Å². The van der Waals surface area contributed by atoms with Crippen molar-refractivity contribution in [3.8, 4) is 11.4 Å². The summed E-state index contributed by atoms with van der Waals surface area (Å²) in [7, 11) is 0. The first kappa shape index (κ1) is 22.2. The Morgan fingerprint density at radius 3 is 2.70 bits per heavy atom. The highest BCUT2D eigenvalue weighted by atomic mass is 19.4. The molecule has 1 saturated heterocycles. The molecular formula is C20H25F3N4O3. The normalized spacial score (nSPS) is 15.3. The number of nitrogens with zero attached hydrogens (tertiary/aromatic N) is 4. The van der Waals surface area contributed by atoms with Gasteiger partial charge in [0.25, 0.3) is 0 Å². The van der Waals surface area contributed by atoms with Gasteiger partial charge in [0.15, 0.2) is 0 Å². The molecule has 10 heteroatoms. The lowest BCUT2D eigenvalue weighted by molar-refractivity contribution is -0.137. The van der Waals surface area contributed by atoms with Gasteiger partial charge in [0.05, 0.1) is 18.8 Å². The maximum Gasteiger partial charge on any atom is 0.416 e. The average molecular weight is 426 g/mol. The molecule has 1 fully saturated rings. The van der Waals surface area contributed by atoms with Crippen LogP contribution in [0.3, 0.4) is 0 Å². The number of ether oxygens (including phenoxy) is 1. The summed E-state index contributed by atoms with van der Waals surface area (Å²) in [5.74, 6) is 0.328. The minimum Gasteiger partial charge on any atom is -0.379 e. The van der Waals surface area contributed by atoms with Gasteiger partial charge in [0.2, 0.25) is 17.6 Å². The van der Waals surface area contributed by atoms with Crippen molar-refractivity contribution in [2.75, 3.05) is 45.9 Å². The van der Waals surface area contributed by atoms with Crippen molar-refractivity contribution in [1.82, 2.24) is 19.9 Å². The highest BCUT2D eigenvalue weighted by molar-refractivity contribution is 5.73. The summed E-state index contributed by atoms with van der Waals surface area (Å²) >= 11 is 0. The molecule has 164 valence electrons. The zero-order valence-corrected chi connectivity index (χ0v) is 16.8. The molecule has 0 unspecified atom stereocenters. The average Bonchev–Trinajstić information content (AvgIpc) is 3.19. The first-order valence-corrected chi connectivity index (χ1v) is 9.89. The van der Waals surface area contributed by atoms with Gasteiger partial charge >= 0.3 is 6.18 Å². The predicted octanol–water partition coefficient (Wildman–Crippen LogP) is 2.87. The van der Waals surface area contributed by atoms with Crippen LogP contribution in [0.1, 0.15) is 24.8 Å². The number of alkyl halides is 3. The first-order valence-electron chi connectivity index (χ1n) is 9.89. The standard InChI is InChI=1S/C20H25F3N4O3/c1-15(28)27(8-3-7-26-10-12-29-13-11-26)9-6-18-24-19(25-30-18)16-4-2-5-17(14-16)20(21,22)23/h2,4-5,14H,3,6-13H2,1H3. The molecule has 1 aromatic heterocycles. The van der Waals surface area contributed by atoms with Crippen molar-refractivity contribution in [1.29, 1.82) is 0 Å². The fourth-order valence-corrected chi connectivity index (χ4v) is 3.28. The summed E-state index contributed by atoms with van der Waals surface area (Å²) in [4.78, 5) is 20.1. The summed E-state index contributed by atoms with van der Waals surface area (Å²) in [6.45, 7) is 6.71. The third kappa shape index (κ3) is 6.27. The minimum absolute atomic E-state index is 0.0467. The Hall–Kier alpha value is -2.46. The molecule has 0 aliphatic carbocycles. The Kier molecular flexibility index (Phi) is 7.43. The van der Waals surface area contributed by atoms with Crippen LogP contribution in [0, 0.1) is 0 Å². The molecule has 1 amide bonds. The van der Waals surface area contributed by atoms with Crippen molar-refractivity contribution in [2.45, 2.75) is 25.9 Å². The Labute approximate surface area is 172 Å². The van der Waals surface area contributed by atoms with Crippen LogP contribution >= 0.6 is 0 Å². The second kappa shape index (κ2) is 10.0. The zero-order chi connectivity index (χ0) is 21.6. The van der Waals surface area contributed by atoms with Gasteiger partial charge in [-0.3, -0.25) is 9.69 Å². The Balaban J connectivity index is 1.53. The van der Waals surface area contributed by atoms with Gasteiger partial charge in [-0.15, -0.1) is 0 Å². The lowest BCUT2D eigenvalue weighted by Crippen LogP contribution is -2.39. The number of aromatic nitrogens is 2. The molecule has 1 aliphatic heterocycles. The smallest absolute Gasteiger partial charge is 0.379 e. The fraction of sp³-hybridized carbons (Fsp3) is 0.550. The monoisotopic (exact) mass is 426 g/mol. The van der Waals surface area contributed by atoms with E-state index < -0.39 is 11.7 Å². The van der Waals surface area contributed by atoms with E-state index in [4.69, 9.17) is 9.26 Å². The second-order valence-electron chi connectivity index (χ2n) is 7.15. The maximum absolute atomic E-state index is 12.9. The van der Waals surface area contributed by atoms with Crippen LogP contribution in [0.2, 0.25) is 0 Å². The third-order valence-corrected chi connectivity index (χ3v) is 4.96. The molecule has 1 aromatic carbocycles. The number of benzene rings is 1. The van der Waals surface area contributed by atoms with E-state index in [1.165, 1.54) is 19.1 Å². The Bertz CT molecular complexity index is 835. The molecule has 0 spiro atoms. The highest BCUT2D eigenvalue weighted by Crippen LogP contribution is 2.31. The van der Waals surface area contributed by atoms with Crippen LogP contribution in [-0.2, 0) is 22.1 Å². The van der Waals surface area contributed by atoms with Crippen molar-refractivity contribution < 1.29 is 27.2 Å². The summed E-state index contributed by atoms with van der Waals surface area (Å²) in [6.07, 6.45) is -3.26. The highest BCUT2D eigenvalue weighted by Gasteiger charge is 2.30. The molecule has 0 saturated carbocycles. The lowest BCUT2D eigenvalue weighted by atomic mass is 10.1. The van der Waals surface area contributed by atoms with E-state index >= 15 is 0 Å². The molecule has 1 aliphatic rings. The Morgan fingerprint density at radius 2 is 2.00 bits per heavy atom. The Morgan fingerprint density at radius 1 is 1.23 bits per heavy atom. The quantitative estimate of drug-likeness (QED) is 0.647. The largest absolute Gasteiger partial charge is 0.416 e. The number of hydrogen-bond acceptors (Lipinski definition) is 6. The van der Waals surface area contributed by atoms with E-state index in [1.807, 2.05) is 0 Å². The summed E-state index contributed by atoms with van der Waals surface area (Å²) < 4.78 is 49.1. The summed E-state index contributed by atoms with van der Waals surface area (Å²) in [5.41, 5.74) is -0.539. The maximum atomic E-state index is 12.9. The van der Waals surface area contributed by atoms with Gasteiger partial charge in [-0.1, -0.05) is 17.3 Å². The van der Waals surface area contributed by atoms with E-state index in [1.54, 1.807) is 4.90 Å². The van der Waals surface area contributed by atoms with Crippen LogP contribution < -0.4 is 0 Å². The van der Waals surface area contributed by atoms with Gasteiger partial charge in [0, 0.05) is 51.6 Å². The second-order valence-corrected chi connectivity index (χ2v) is 7.15. The molecule has 7 nitrogen and oxygen atoms in total. The zero-order valence-electron chi connectivity index (χ0n) is 16.8. The molecule has 0 atom stereocenters. The van der Waals surface area contributed by atoms with E-state index in [-0.39, 0.29) is 23.2 Å². The lowest BCUT2D eigenvalue weighted by Gasteiger charge is -2.28. The number of rotatable bonds is 8. The number of carbonyl (C=O) groups is 1. The predicted molar refractivity (Wildman–Crippen MR) is 103 cm³/mol. The van der Waals surface area contributed by atoms with Crippen molar-refractivity contribution in [2.24, 2.45) is 0 Å². The van der Waals surface area contributed by atoms with E-state index in [0.29, 0.717) is 19.5 Å². The number of halogens is 3. The van der Waals surface area contributed by atoms with Crippen LogP contribution in [-0.4, -0.2) is 71.8 Å². The number of morpholine rings is 1. The van der Waals surface area contributed by atoms with Gasteiger partial charge in [-0.2, -0.15) is 18.2 Å². The summed E-state index contributed by atoms with van der Waals surface area (Å²) in [5, 5.41) is 3.78. The summed E-state index contributed by atoms with van der Waals surface area (Å²) in [6, 6.07) is 4.78. The molecule has 0 N–H and O–H groups in total. The van der Waals surface area contributed by atoms with Crippen molar-refractivity contribution in [3.63, 3.8) is 0 Å². The molecule has 0 radical (unpaired) electrons. The number of carbonyl (C=O) groups excluding carboxylic acids is 1. The van der Waals surface area contributed by atoms with Crippen LogP contribution in [0.5, 0.6) is 0 Å². The van der Waals surface area contributed by atoms with Crippen LogP contribution in [0.25, 0.3) is 11.4 Å². The van der Waals surface area contributed by atoms with Crippen molar-refractivity contribution >= 4 is 5.91 Å². The topological polar surface area (TPSA) is 71.7 Å². The minimum atomic E-state index is -4.44.